The van der Waals surface area contributed by atoms with Gasteiger partial charge in [-0.15, -0.1) is 10.2 Å². The first-order valence-electron chi connectivity index (χ1n) is 8.06. The highest BCUT2D eigenvalue weighted by molar-refractivity contribution is 8.00. The number of hydrogen-bond donors (Lipinski definition) is 0. The molecule has 1 heterocycles. The van der Waals surface area contributed by atoms with Gasteiger partial charge in [-0.1, -0.05) is 42.1 Å². The molecule has 7 heteroatoms. The summed E-state index contributed by atoms with van der Waals surface area (Å²) in [6.45, 7) is 2.30. The molecule has 3 rings (SSSR count). The maximum Gasteiger partial charge on any atom is 0.318 e. The zero-order chi connectivity index (χ0) is 18.5. The lowest BCUT2D eigenvalue weighted by atomic mass is 10.2. The maximum absolute atomic E-state index is 13.3. The van der Waals surface area contributed by atoms with Crippen LogP contribution >= 0.6 is 11.8 Å². The Morgan fingerprint density at radius 2 is 1.85 bits per heavy atom. The Morgan fingerprint density at radius 3 is 2.50 bits per heavy atom. The van der Waals surface area contributed by atoms with E-state index in [0.717, 1.165) is 11.1 Å². The predicted molar refractivity (Wildman–Crippen MR) is 98.3 cm³/mol. The lowest BCUT2D eigenvalue weighted by molar-refractivity contribution is -0.139. The minimum atomic E-state index is -0.417. The average molecular weight is 371 g/mol. The fourth-order valence-electron chi connectivity index (χ4n) is 2.47. The average Bonchev–Trinajstić information content (AvgIpc) is 3.04. The van der Waals surface area contributed by atoms with Gasteiger partial charge in [0.25, 0.3) is 0 Å². The summed E-state index contributed by atoms with van der Waals surface area (Å²) in [6, 6.07) is 16.0. The van der Waals surface area contributed by atoms with E-state index >= 15 is 0 Å². The first kappa shape index (κ1) is 18.1. The van der Waals surface area contributed by atoms with E-state index in [0.29, 0.717) is 17.5 Å². The summed E-state index contributed by atoms with van der Waals surface area (Å²) < 4.78 is 20.0. The Bertz CT molecular complexity index is 882. The van der Waals surface area contributed by atoms with E-state index in [1.165, 1.54) is 31.0 Å². The van der Waals surface area contributed by atoms with Crippen LogP contribution in [0.4, 0.5) is 4.39 Å². The molecule has 134 valence electrons. The lowest BCUT2D eigenvalue weighted by Crippen LogP contribution is -2.16. The van der Waals surface area contributed by atoms with Gasteiger partial charge in [-0.05, 0) is 36.8 Å². The molecule has 0 saturated heterocycles. The molecule has 0 spiro atoms. The summed E-state index contributed by atoms with van der Waals surface area (Å²) >= 11 is 1.28. The monoisotopic (exact) mass is 371 g/mol. The van der Waals surface area contributed by atoms with Gasteiger partial charge in [-0.3, -0.25) is 9.36 Å². The Hall–Kier alpha value is -2.67. The highest BCUT2D eigenvalue weighted by Gasteiger charge is 2.21. The van der Waals surface area contributed by atoms with Crippen LogP contribution in [-0.4, -0.2) is 33.1 Å². The molecule has 0 fully saturated rings. The highest BCUT2D eigenvalue weighted by atomic mass is 32.2. The molecule has 1 atom stereocenters. The molecular formula is C19H18FN3O2S. The number of carbonyl (C=O) groups excluding carboxylic acids is 1. The maximum atomic E-state index is 13.3. The van der Waals surface area contributed by atoms with Gasteiger partial charge < -0.3 is 4.74 Å². The molecule has 0 saturated carbocycles. The van der Waals surface area contributed by atoms with Crippen molar-refractivity contribution in [3.63, 3.8) is 0 Å². The second-order valence-electron chi connectivity index (χ2n) is 5.67. The SMILES string of the molecule is COC(=O)[C@@H](C)Sc1nnc(-c2ccc(F)cc2)n1Cc1ccccc1. The van der Waals surface area contributed by atoms with Crippen LogP contribution in [0.5, 0.6) is 0 Å². The molecule has 26 heavy (non-hydrogen) atoms. The summed E-state index contributed by atoms with van der Waals surface area (Å²) in [5.41, 5.74) is 1.83. The zero-order valence-corrected chi connectivity index (χ0v) is 15.2. The summed E-state index contributed by atoms with van der Waals surface area (Å²) in [5.74, 6) is -0.0159. The van der Waals surface area contributed by atoms with Crippen LogP contribution in [0, 0.1) is 5.82 Å². The molecule has 2 aromatic carbocycles. The molecule has 0 aliphatic rings. The van der Waals surface area contributed by atoms with Gasteiger partial charge in [0.1, 0.15) is 11.1 Å². The number of esters is 1. The molecule has 0 bridgehead atoms. The number of aromatic nitrogens is 3. The van der Waals surface area contributed by atoms with E-state index in [4.69, 9.17) is 4.74 Å². The van der Waals surface area contributed by atoms with Crippen molar-refractivity contribution in [1.82, 2.24) is 14.8 Å². The lowest BCUT2D eigenvalue weighted by Gasteiger charge is -2.12. The summed E-state index contributed by atoms with van der Waals surface area (Å²) in [5, 5.41) is 8.70. The van der Waals surface area contributed by atoms with Gasteiger partial charge in [0.15, 0.2) is 11.0 Å². The fourth-order valence-corrected chi connectivity index (χ4v) is 3.34. The molecule has 0 amide bonds. The van der Waals surface area contributed by atoms with Gasteiger partial charge in [0.2, 0.25) is 0 Å². The third-order valence-corrected chi connectivity index (χ3v) is 4.88. The van der Waals surface area contributed by atoms with Gasteiger partial charge in [-0.2, -0.15) is 0 Å². The summed E-state index contributed by atoms with van der Waals surface area (Å²) in [4.78, 5) is 11.8. The highest BCUT2D eigenvalue weighted by Crippen LogP contribution is 2.28. The fraction of sp³-hybridized carbons (Fsp3) is 0.211. The number of hydrogen-bond acceptors (Lipinski definition) is 5. The smallest absolute Gasteiger partial charge is 0.318 e. The van der Waals surface area contributed by atoms with Crippen molar-refractivity contribution in [1.29, 1.82) is 0 Å². The van der Waals surface area contributed by atoms with Gasteiger partial charge in [0.05, 0.1) is 13.7 Å². The van der Waals surface area contributed by atoms with Crippen LogP contribution in [0.2, 0.25) is 0 Å². The molecule has 0 aliphatic heterocycles. The van der Waals surface area contributed by atoms with E-state index in [-0.39, 0.29) is 11.8 Å². The van der Waals surface area contributed by atoms with E-state index in [1.54, 1.807) is 19.1 Å². The van der Waals surface area contributed by atoms with Crippen LogP contribution < -0.4 is 0 Å². The van der Waals surface area contributed by atoms with Crippen LogP contribution in [0.1, 0.15) is 12.5 Å². The van der Waals surface area contributed by atoms with Crippen LogP contribution in [0.15, 0.2) is 59.8 Å². The summed E-state index contributed by atoms with van der Waals surface area (Å²) in [6.07, 6.45) is 0. The van der Waals surface area contributed by atoms with Gasteiger partial charge >= 0.3 is 5.97 Å². The number of rotatable bonds is 6. The third-order valence-electron chi connectivity index (χ3n) is 3.82. The number of methoxy groups -OCH3 is 1. The molecule has 5 nitrogen and oxygen atoms in total. The van der Waals surface area contributed by atoms with Gasteiger partial charge in [-0.25, -0.2) is 4.39 Å². The first-order chi connectivity index (χ1) is 12.6. The van der Waals surface area contributed by atoms with Crippen molar-refractivity contribution < 1.29 is 13.9 Å². The standard InChI is InChI=1S/C19H18FN3O2S/c1-13(18(24)25-2)26-19-22-21-17(15-8-10-16(20)11-9-15)23(19)12-14-6-4-3-5-7-14/h3-11,13H,12H2,1-2H3/t13-/m1/s1. The largest absolute Gasteiger partial charge is 0.468 e. The quantitative estimate of drug-likeness (QED) is 0.487. The molecule has 1 aromatic heterocycles. The van der Waals surface area contributed by atoms with Crippen molar-refractivity contribution >= 4 is 17.7 Å². The zero-order valence-electron chi connectivity index (χ0n) is 14.4. The van der Waals surface area contributed by atoms with Crippen LogP contribution in [0.25, 0.3) is 11.4 Å². The minimum absolute atomic E-state index is 0.309. The first-order valence-corrected chi connectivity index (χ1v) is 8.94. The Kier molecular flexibility index (Phi) is 5.68. The van der Waals surface area contributed by atoms with Crippen LogP contribution in [0.3, 0.4) is 0 Å². The number of thioether (sulfide) groups is 1. The molecule has 0 N–H and O–H groups in total. The Labute approximate surface area is 155 Å². The van der Waals surface area contributed by atoms with Crippen molar-refractivity contribution in [3.05, 3.63) is 66.0 Å². The van der Waals surface area contributed by atoms with E-state index in [2.05, 4.69) is 10.2 Å². The number of benzene rings is 2. The third kappa shape index (κ3) is 4.11. The van der Waals surface area contributed by atoms with E-state index in [1.807, 2.05) is 34.9 Å². The van der Waals surface area contributed by atoms with Crippen molar-refractivity contribution in [2.75, 3.05) is 7.11 Å². The molecule has 3 aromatic rings. The summed E-state index contributed by atoms with van der Waals surface area (Å²) in [7, 11) is 1.36. The van der Waals surface area contributed by atoms with Gasteiger partial charge in [0, 0.05) is 5.56 Å². The number of carbonyl (C=O) groups is 1. The number of halogens is 1. The van der Waals surface area contributed by atoms with E-state index < -0.39 is 5.25 Å². The number of nitrogens with zero attached hydrogens (tertiary/aromatic N) is 3. The molecule has 0 unspecified atom stereocenters. The Balaban J connectivity index is 1.98. The van der Waals surface area contributed by atoms with E-state index in [9.17, 15) is 9.18 Å². The van der Waals surface area contributed by atoms with Crippen molar-refractivity contribution in [2.24, 2.45) is 0 Å². The topological polar surface area (TPSA) is 57.0 Å². The predicted octanol–water partition coefficient (Wildman–Crippen LogP) is 3.79. The number of ether oxygens (including phenoxy) is 1. The molecule has 0 aliphatic carbocycles. The second kappa shape index (κ2) is 8.14. The normalized spacial score (nSPS) is 12.0. The van der Waals surface area contributed by atoms with Crippen molar-refractivity contribution in [2.45, 2.75) is 23.9 Å². The van der Waals surface area contributed by atoms with Crippen LogP contribution in [-0.2, 0) is 16.1 Å². The second-order valence-corrected chi connectivity index (χ2v) is 6.98. The molecular weight excluding hydrogens is 353 g/mol. The minimum Gasteiger partial charge on any atom is -0.468 e. The van der Waals surface area contributed by atoms with Crippen molar-refractivity contribution in [3.8, 4) is 11.4 Å². The Morgan fingerprint density at radius 1 is 1.15 bits per heavy atom. The molecule has 0 radical (unpaired) electrons.